The molecule has 0 aliphatic carbocycles. The van der Waals surface area contributed by atoms with E-state index >= 15 is 0 Å². The van der Waals surface area contributed by atoms with Crippen molar-refractivity contribution in [1.29, 1.82) is 0 Å². The SMILES string of the molecule is CC(C)CC(C)N(C)c1ccc(Cl)c(C(=O)O)n1. The number of rotatable bonds is 5. The first-order valence-corrected chi connectivity index (χ1v) is 6.33. The summed E-state index contributed by atoms with van der Waals surface area (Å²) >= 11 is 5.80. The molecule has 1 N–H and O–H groups in total. The monoisotopic (exact) mass is 270 g/mol. The van der Waals surface area contributed by atoms with E-state index in [-0.39, 0.29) is 10.7 Å². The van der Waals surface area contributed by atoms with Crippen LogP contribution < -0.4 is 4.90 Å². The standard InChI is InChI=1S/C13H19ClN2O2/c1-8(2)7-9(3)16(4)11-6-5-10(14)12(15-11)13(17)18/h5-6,8-9H,7H2,1-4H3,(H,17,18). The van der Waals surface area contributed by atoms with Gasteiger partial charge in [-0.05, 0) is 31.4 Å². The zero-order chi connectivity index (χ0) is 13.9. The summed E-state index contributed by atoms with van der Waals surface area (Å²) < 4.78 is 0. The highest BCUT2D eigenvalue weighted by molar-refractivity contribution is 6.33. The van der Waals surface area contributed by atoms with E-state index in [0.717, 1.165) is 6.42 Å². The number of nitrogens with zero attached hydrogens (tertiary/aromatic N) is 2. The van der Waals surface area contributed by atoms with Gasteiger partial charge < -0.3 is 10.0 Å². The first-order chi connectivity index (χ1) is 8.32. The van der Waals surface area contributed by atoms with E-state index < -0.39 is 5.97 Å². The molecule has 0 amide bonds. The van der Waals surface area contributed by atoms with Crippen molar-refractivity contribution < 1.29 is 9.90 Å². The third-order valence-corrected chi connectivity index (χ3v) is 3.17. The lowest BCUT2D eigenvalue weighted by Crippen LogP contribution is -2.31. The second kappa shape index (κ2) is 6.05. The summed E-state index contributed by atoms with van der Waals surface area (Å²) in [6.45, 7) is 6.40. The van der Waals surface area contributed by atoms with Gasteiger partial charge in [-0.25, -0.2) is 9.78 Å². The third-order valence-electron chi connectivity index (χ3n) is 2.87. The summed E-state index contributed by atoms with van der Waals surface area (Å²) in [7, 11) is 1.91. The third kappa shape index (κ3) is 3.60. The summed E-state index contributed by atoms with van der Waals surface area (Å²) in [4.78, 5) is 17.0. The molecule has 0 aliphatic rings. The first-order valence-electron chi connectivity index (χ1n) is 5.95. The van der Waals surface area contributed by atoms with Crippen molar-refractivity contribution in [3.63, 3.8) is 0 Å². The molecule has 0 saturated heterocycles. The molecule has 1 heterocycles. The van der Waals surface area contributed by atoms with Gasteiger partial charge in [-0.2, -0.15) is 0 Å². The van der Waals surface area contributed by atoms with E-state index in [1.165, 1.54) is 0 Å². The Bertz CT molecular complexity index is 435. The fourth-order valence-electron chi connectivity index (χ4n) is 1.84. The van der Waals surface area contributed by atoms with E-state index in [1.807, 2.05) is 11.9 Å². The second-order valence-electron chi connectivity index (χ2n) is 4.89. The Hall–Kier alpha value is -1.29. The molecule has 1 atom stereocenters. The van der Waals surface area contributed by atoms with Gasteiger partial charge in [0.25, 0.3) is 0 Å². The fourth-order valence-corrected chi connectivity index (χ4v) is 2.03. The number of aromatic nitrogens is 1. The maximum atomic E-state index is 11.0. The number of carboxylic acid groups (broad SMARTS) is 1. The summed E-state index contributed by atoms with van der Waals surface area (Å²) in [6, 6.07) is 3.61. The Labute approximate surface area is 113 Å². The van der Waals surface area contributed by atoms with Crippen LogP contribution in [0.4, 0.5) is 5.82 Å². The molecule has 0 bridgehead atoms. The highest BCUT2D eigenvalue weighted by atomic mass is 35.5. The molecule has 0 fully saturated rings. The average molecular weight is 271 g/mol. The van der Waals surface area contributed by atoms with Crippen LogP contribution in [-0.2, 0) is 0 Å². The Morgan fingerprint density at radius 3 is 2.56 bits per heavy atom. The average Bonchev–Trinajstić information content (AvgIpc) is 2.27. The van der Waals surface area contributed by atoms with Crippen LogP contribution >= 0.6 is 11.6 Å². The number of carbonyl (C=O) groups is 1. The number of carboxylic acids is 1. The van der Waals surface area contributed by atoms with Crippen LogP contribution in [0.3, 0.4) is 0 Å². The Kier molecular flexibility index (Phi) is 4.96. The topological polar surface area (TPSA) is 53.4 Å². The van der Waals surface area contributed by atoms with Crippen LogP contribution in [0.25, 0.3) is 0 Å². The summed E-state index contributed by atoms with van der Waals surface area (Å²) in [5.41, 5.74) is -0.0993. The molecule has 100 valence electrons. The van der Waals surface area contributed by atoms with Crippen molar-refractivity contribution in [2.75, 3.05) is 11.9 Å². The molecule has 1 unspecified atom stereocenters. The van der Waals surface area contributed by atoms with Crippen LogP contribution in [0.15, 0.2) is 12.1 Å². The Balaban J connectivity index is 2.96. The minimum atomic E-state index is -1.10. The summed E-state index contributed by atoms with van der Waals surface area (Å²) in [6.07, 6.45) is 1.02. The quantitative estimate of drug-likeness (QED) is 0.892. The molecular formula is C13H19ClN2O2. The number of hydrogen-bond acceptors (Lipinski definition) is 3. The van der Waals surface area contributed by atoms with Gasteiger partial charge in [-0.3, -0.25) is 0 Å². The van der Waals surface area contributed by atoms with E-state index in [9.17, 15) is 4.79 Å². The lowest BCUT2D eigenvalue weighted by atomic mass is 10.0. The van der Waals surface area contributed by atoms with Crippen molar-refractivity contribution in [2.45, 2.75) is 33.2 Å². The van der Waals surface area contributed by atoms with Crippen molar-refractivity contribution in [2.24, 2.45) is 5.92 Å². The molecule has 0 aromatic carbocycles. The Morgan fingerprint density at radius 2 is 2.06 bits per heavy atom. The molecule has 4 nitrogen and oxygen atoms in total. The number of anilines is 1. The Morgan fingerprint density at radius 1 is 1.44 bits per heavy atom. The fraction of sp³-hybridized carbons (Fsp3) is 0.538. The van der Waals surface area contributed by atoms with E-state index in [2.05, 4.69) is 25.8 Å². The van der Waals surface area contributed by atoms with Gasteiger partial charge in [0.1, 0.15) is 5.82 Å². The van der Waals surface area contributed by atoms with Crippen LogP contribution in [0, 0.1) is 5.92 Å². The molecule has 0 saturated carbocycles. The van der Waals surface area contributed by atoms with Gasteiger partial charge in [-0.15, -0.1) is 0 Å². The highest BCUT2D eigenvalue weighted by Crippen LogP contribution is 2.21. The van der Waals surface area contributed by atoms with E-state index in [0.29, 0.717) is 17.8 Å². The largest absolute Gasteiger partial charge is 0.476 e. The van der Waals surface area contributed by atoms with Crippen molar-refractivity contribution in [3.8, 4) is 0 Å². The molecule has 18 heavy (non-hydrogen) atoms. The van der Waals surface area contributed by atoms with Gasteiger partial charge in [0.05, 0.1) is 5.02 Å². The normalized spacial score (nSPS) is 12.6. The van der Waals surface area contributed by atoms with Gasteiger partial charge in [0.2, 0.25) is 0 Å². The molecule has 5 heteroatoms. The van der Waals surface area contributed by atoms with Crippen LogP contribution in [0.1, 0.15) is 37.7 Å². The van der Waals surface area contributed by atoms with Crippen LogP contribution in [0.5, 0.6) is 0 Å². The lowest BCUT2D eigenvalue weighted by Gasteiger charge is -2.27. The number of pyridine rings is 1. The summed E-state index contributed by atoms with van der Waals surface area (Å²) in [5.74, 6) is 0.102. The van der Waals surface area contributed by atoms with Crippen molar-refractivity contribution in [1.82, 2.24) is 4.98 Å². The first kappa shape index (κ1) is 14.8. The predicted molar refractivity (Wildman–Crippen MR) is 73.5 cm³/mol. The number of hydrogen-bond donors (Lipinski definition) is 1. The predicted octanol–water partition coefficient (Wildman–Crippen LogP) is 3.30. The van der Waals surface area contributed by atoms with Gasteiger partial charge in [0, 0.05) is 13.1 Å². The zero-order valence-corrected chi connectivity index (χ0v) is 11.9. The highest BCUT2D eigenvalue weighted by Gasteiger charge is 2.16. The zero-order valence-electron chi connectivity index (χ0n) is 11.1. The van der Waals surface area contributed by atoms with Crippen molar-refractivity contribution in [3.05, 3.63) is 22.8 Å². The van der Waals surface area contributed by atoms with Crippen LogP contribution in [-0.4, -0.2) is 29.1 Å². The molecule has 1 rings (SSSR count). The van der Waals surface area contributed by atoms with Gasteiger partial charge in [-0.1, -0.05) is 25.4 Å². The molecule has 1 aromatic rings. The van der Waals surface area contributed by atoms with Crippen molar-refractivity contribution >= 4 is 23.4 Å². The van der Waals surface area contributed by atoms with Gasteiger partial charge in [0.15, 0.2) is 5.69 Å². The lowest BCUT2D eigenvalue weighted by molar-refractivity contribution is 0.0691. The minimum absolute atomic E-state index is 0.0993. The number of halogens is 1. The van der Waals surface area contributed by atoms with Crippen LogP contribution in [0.2, 0.25) is 5.02 Å². The molecule has 1 aromatic heterocycles. The van der Waals surface area contributed by atoms with Gasteiger partial charge >= 0.3 is 5.97 Å². The number of aromatic carboxylic acids is 1. The minimum Gasteiger partial charge on any atom is -0.476 e. The maximum Gasteiger partial charge on any atom is 0.356 e. The molecule has 0 aliphatic heterocycles. The maximum absolute atomic E-state index is 11.0. The van der Waals surface area contributed by atoms with E-state index in [4.69, 9.17) is 16.7 Å². The molecular weight excluding hydrogens is 252 g/mol. The molecule has 0 radical (unpaired) electrons. The smallest absolute Gasteiger partial charge is 0.356 e. The second-order valence-corrected chi connectivity index (χ2v) is 5.30. The van der Waals surface area contributed by atoms with E-state index in [1.54, 1.807) is 12.1 Å². The molecule has 0 spiro atoms. The summed E-state index contributed by atoms with van der Waals surface area (Å²) in [5, 5.41) is 9.15.